The summed E-state index contributed by atoms with van der Waals surface area (Å²) in [6, 6.07) is 0.556. The molecule has 1 aliphatic carbocycles. The van der Waals surface area contributed by atoms with Gasteiger partial charge in [0, 0.05) is 12.6 Å². The van der Waals surface area contributed by atoms with Crippen LogP contribution in [-0.4, -0.2) is 25.8 Å². The fourth-order valence-electron chi connectivity index (χ4n) is 2.96. The minimum atomic E-state index is 0.429. The topological polar surface area (TPSA) is 21.3 Å². The second kappa shape index (κ2) is 7.29. The molecule has 0 saturated heterocycles. The summed E-state index contributed by atoms with van der Waals surface area (Å²) < 4.78 is 6.09. The van der Waals surface area contributed by atoms with E-state index in [4.69, 9.17) is 4.74 Å². The molecule has 4 unspecified atom stereocenters. The zero-order chi connectivity index (χ0) is 12.0. The third-order valence-corrected chi connectivity index (χ3v) is 3.82. The number of likely N-dealkylation sites (N-methyl/N-ethyl adjacent to an activating group) is 1. The first kappa shape index (κ1) is 14.0. The lowest BCUT2D eigenvalue weighted by Gasteiger charge is -2.39. The molecule has 0 aromatic carbocycles. The van der Waals surface area contributed by atoms with Gasteiger partial charge in [-0.15, -0.1) is 0 Å². The number of unbranched alkanes of at least 4 members (excludes halogenated alkanes) is 2. The summed E-state index contributed by atoms with van der Waals surface area (Å²) in [4.78, 5) is 0. The van der Waals surface area contributed by atoms with Gasteiger partial charge in [0.15, 0.2) is 0 Å². The molecule has 0 amide bonds. The SMILES string of the molecule is CCCCCOC1C(C)CC(C)CC1NC. The molecule has 0 heterocycles. The molecule has 1 aliphatic rings. The summed E-state index contributed by atoms with van der Waals surface area (Å²) >= 11 is 0. The van der Waals surface area contributed by atoms with E-state index < -0.39 is 0 Å². The molecule has 1 fully saturated rings. The second-order valence-corrected chi connectivity index (χ2v) is 5.49. The van der Waals surface area contributed by atoms with Crippen LogP contribution in [0.15, 0.2) is 0 Å². The number of hydrogen-bond acceptors (Lipinski definition) is 2. The predicted octanol–water partition coefficient (Wildman–Crippen LogP) is 3.22. The Morgan fingerprint density at radius 3 is 2.56 bits per heavy atom. The van der Waals surface area contributed by atoms with Gasteiger partial charge in [-0.25, -0.2) is 0 Å². The van der Waals surface area contributed by atoms with Crippen molar-refractivity contribution in [2.24, 2.45) is 11.8 Å². The fourth-order valence-corrected chi connectivity index (χ4v) is 2.96. The van der Waals surface area contributed by atoms with Gasteiger partial charge in [-0.1, -0.05) is 33.6 Å². The van der Waals surface area contributed by atoms with E-state index in [2.05, 4.69) is 33.1 Å². The van der Waals surface area contributed by atoms with Crippen molar-refractivity contribution in [3.63, 3.8) is 0 Å². The van der Waals surface area contributed by atoms with Crippen LogP contribution in [-0.2, 0) is 4.74 Å². The highest BCUT2D eigenvalue weighted by atomic mass is 16.5. The van der Waals surface area contributed by atoms with Crippen LogP contribution in [0.2, 0.25) is 0 Å². The summed E-state index contributed by atoms with van der Waals surface area (Å²) in [6.07, 6.45) is 6.79. The maximum atomic E-state index is 6.09. The van der Waals surface area contributed by atoms with Crippen molar-refractivity contribution >= 4 is 0 Å². The first-order valence-electron chi connectivity index (χ1n) is 6.97. The van der Waals surface area contributed by atoms with Gasteiger partial charge in [-0.2, -0.15) is 0 Å². The van der Waals surface area contributed by atoms with Crippen LogP contribution in [0.25, 0.3) is 0 Å². The van der Waals surface area contributed by atoms with Gasteiger partial charge in [-0.05, 0) is 38.1 Å². The van der Waals surface area contributed by atoms with E-state index in [0.29, 0.717) is 18.1 Å². The van der Waals surface area contributed by atoms with Crippen molar-refractivity contribution in [2.75, 3.05) is 13.7 Å². The Kier molecular flexibility index (Phi) is 6.37. The summed E-state index contributed by atoms with van der Waals surface area (Å²) in [5.41, 5.74) is 0. The van der Waals surface area contributed by atoms with Gasteiger partial charge in [0.2, 0.25) is 0 Å². The number of rotatable bonds is 6. The Bertz CT molecular complexity index is 184. The first-order valence-corrected chi connectivity index (χ1v) is 6.97. The quantitative estimate of drug-likeness (QED) is 0.704. The van der Waals surface area contributed by atoms with Gasteiger partial charge in [-0.3, -0.25) is 0 Å². The third kappa shape index (κ3) is 4.06. The number of ether oxygens (including phenoxy) is 1. The highest BCUT2D eigenvalue weighted by molar-refractivity contribution is 4.87. The number of nitrogens with one attached hydrogen (secondary N) is 1. The molecule has 2 nitrogen and oxygen atoms in total. The molecule has 0 aliphatic heterocycles. The van der Waals surface area contributed by atoms with Gasteiger partial charge >= 0.3 is 0 Å². The monoisotopic (exact) mass is 227 g/mol. The normalized spacial score (nSPS) is 35.2. The van der Waals surface area contributed by atoms with Crippen molar-refractivity contribution < 1.29 is 4.74 Å². The summed E-state index contributed by atoms with van der Waals surface area (Å²) in [5, 5.41) is 3.43. The summed E-state index contributed by atoms with van der Waals surface area (Å²) in [6.45, 7) is 7.87. The second-order valence-electron chi connectivity index (χ2n) is 5.49. The number of hydrogen-bond donors (Lipinski definition) is 1. The van der Waals surface area contributed by atoms with Crippen molar-refractivity contribution in [2.45, 2.75) is 65.0 Å². The fraction of sp³-hybridized carbons (Fsp3) is 1.00. The van der Waals surface area contributed by atoms with E-state index in [1.807, 2.05) is 0 Å². The van der Waals surface area contributed by atoms with Gasteiger partial charge in [0.25, 0.3) is 0 Å². The van der Waals surface area contributed by atoms with E-state index in [1.165, 1.54) is 32.1 Å². The zero-order valence-corrected chi connectivity index (χ0v) is 11.5. The van der Waals surface area contributed by atoms with E-state index >= 15 is 0 Å². The van der Waals surface area contributed by atoms with E-state index in [9.17, 15) is 0 Å². The van der Waals surface area contributed by atoms with Crippen molar-refractivity contribution in [1.82, 2.24) is 5.32 Å². The Morgan fingerprint density at radius 1 is 1.19 bits per heavy atom. The molecule has 16 heavy (non-hydrogen) atoms. The first-order chi connectivity index (χ1) is 7.69. The molecule has 0 bridgehead atoms. The Hall–Kier alpha value is -0.0800. The average Bonchev–Trinajstić information content (AvgIpc) is 2.26. The van der Waals surface area contributed by atoms with Crippen LogP contribution in [0.5, 0.6) is 0 Å². The highest BCUT2D eigenvalue weighted by Crippen LogP contribution is 2.31. The Labute approximate surface area is 101 Å². The maximum absolute atomic E-state index is 6.09. The smallest absolute Gasteiger partial charge is 0.0753 e. The molecule has 1 N–H and O–H groups in total. The van der Waals surface area contributed by atoms with Crippen LogP contribution in [0.4, 0.5) is 0 Å². The van der Waals surface area contributed by atoms with E-state index in [1.54, 1.807) is 0 Å². The van der Waals surface area contributed by atoms with E-state index in [-0.39, 0.29) is 0 Å². The van der Waals surface area contributed by atoms with Crippen molar-refractivity contribution in [3.05, 3.63) is 0 Å². The molecule has 2 heteroatoms. The molecule has 0 radical (unpaired) electrons. The molecular weight excluding hydrogens is 198 g/mol. The summed E-state index contributed by atoms with van der Waals surface area (Å²) in [7, 11) is 2.07. The molecule has 96 valence electrons. The zero-order valence-electron chi connectivity index (χ0n) is 11.5. The lowest BCUT2D eigenvalue weighted by molar-refractivity contribution is -0.0371. The molecule has 0 aromatic heterocycles. The van der Waals surface area contributed by atoms with Crippen molar-refractivity contribution in [3.8, 4) is 0 Å². The molecule has 0 spiro atoms. The molecule has 1 rings (SSSR count). The van der Waals surface area contributed by atoms with Crippen LogP contribution in [0, 0.1) is 11.8 Å². The van der Waals surface area contributed by atoms with Crippen LogP contribution in [0.3, 0.4) is 0 Å². The average molecular weight is 227 g/mol. The Morgan fingerprint density at radius 2 is 1.94 bits per heavy atom. The van der Waals surface area contributed by atoms with Gasteiger partial charge < -0.3 is 10.1 Å². The van der Waals surface area contributed by atoms with Gasteiger partial charge in [0.1, 0.15) is 0 Å². The maximum Gasteiger partial charge on any atom is 0.0753 e. The summed E-state index contributed by atoms with van der Waals surface area (Å²) in [5.74, 6) is 1.53. The van der Waals surface area contributed by atoms with Gasteiger partial charge in [0.05, 0.1) is 6.10 Å². The predicted molar refractivity (Wildman–Crippen MR) is 69.7 cm³/mol. The van der Waals surface area contributed by atoms with E-state index in [0.717, 1.165) is 12.5 Å². The minimum Gasteiger partial charge on any atom is -0.376 e. The minimum absolute atomic E-state index is 0.429. The molecule has 4 atom stereocenters. The molecule has 0 aromatic rings. The highest BCUT2D eigenvalue weighted by Gasteiger charge is 2.33. The standard InChI is InChI=1S/C14H29NO/c1-5-6-7-8-16-14-12(3)9-11(2)10-13(14)15-4/h11-15H,5-10H2,1-4H3. The molecule has 1 saturated carbocycles. The lowest BCUT2D eigenvalue weighted by Crippen LogP contribution is -2.48. The molecular formula is C14H29NO. The Balaban J connectivity index is 2.35. The largest absolute Gasteiger partial charge is 0.376 e. The third-order valence-electron chi connectivity index (χ3n) is 3.82. The van der Waals surface area contributed by atoms with Crippen molar-refractivity contribution in [1.29, 1.82) is 0 Å². The van der Waals surface area contributed by atoms with Crippen LogP contribution in [0.1, 0.15) is 52.9 Å². The van der Waals surface area contributed by atoms with Crippen LogP contribution < -0.4 is 5.32 Å². The van der Waals surface area contributed by atoms with Crippen LogP contribution >= 0.6 is 0 Å². The lowest BCUT2D eigenvalue weighted by atomic mass is 9.78.